The van der Waals surface area contributed by atoms with Gasteiger partial charge < -0.3 is 20.4 Å². The molecule has 32 heavy (non-hydrogen) atoms. The molecule has 8 nitrogen and oxygen atoms in total. The van der Waals surface area contributed by atoms with E-state index >= 15 is 0 Å². The van der Waals surface area contributed by atoms with Crippen LogP contribution in [0.5, 0.6) is 5.75 Å². The molecule has 2 heterocycles. The fourth-order valence-electron chi connectivity index (χ4n) is 4.42. The zero-order chi connectivity index (χ0) is 22.7. The first-order valence-electron chi connectivity index (χ1n) is 11.1. The molecule has 1 aromatic carbocycles. The number of hydrogen-bond donors (Lipinski definition) is 3. The lowest BCUT2D eigenvalue weighted by molar-refractivity contribution is -0.127. The molecular formula is C24H28N4O4. The Balaban J connectivity index is 1.44. The van der Waals surface area contributed by atoms with Gasteiger partial charge in [-0.2, -0.15) is 5.26 Å². The summed E-state index contributed by atoms with van der Waals surface area (Å²) in [4.78, 5) is 41.0. The van der Waals surface area contributed by atoms with Gasteiger partial charge in [-0.1, -0.05) is 18.9 Å². The van der Waals surface area contributed by atoms with Crippen molar-refractivity contribution in [3.63, 3.8) is 0 Å². The smallest absolute Gasteiger partial charge is 0.224 e. The maximum Gasteiger partial charge on any atom is 0.224 e. The number of hydrogen-bond acceptors (Lipinski definition) is 5. The van der Waals surface area contributed by atoms with Crippen LogP contribution in [0.4, 0.5) is 0 Å². The molecule has 1 saturated heterocycles. The Hall–Kier alpha value is -3.34. The van der Waals surface area contributed by atoms with E-state index in [1.807, 2.05) is 18.2 Å². The second-order valence-electron chi connectivity index (χ2n) is 8.81. The lowest BCUT2D eigenvalue weighted by Crippen LogP contribution is -2.40. The molecule has 8 heteroatoms. The quantitative estimate of drug-likeness (QED) is 0.494. The number of aromatic nitrogens is 1. The molecular weight excluding hydrogens is 408 g/mol. The summed E-state index contributed by atoms with van der Waals surface area (Å²) >= 11 is 0. The van der Waals surface area contributed by atoms with Gasteiger partial charge in [0.2, 0.25) is 11.8 Å². The van der Waals surface area contributed by atoms with Crippen molar-refractivity contribution in [3.05, 3.63) is 30.0 Å². The van der Waals surface area contributed by atoms with Crippen LogP contribution < -0.4 is 15.4 Å². The van der Waals surface area contributed by atoms with Crippen LogP contribution >= 0.6 is 0 Å². The zero-order valence-corrected chi connectivity index (χ0v) is 18.1. The van der Waals surface area contributed by atoms with Crippen LogP contribution in [0.1, 0.15) is 49.0 Å². The number of nitrogens with zero attached hydrogens (tertiary/aromatic N) is 1. The number of nitrogens with one attached hydrogen (secondary N) is 3. The third kappa shape index (κ3) is 4.93. The van der Waals surface area contributed by atoms with Gasteiger partial charge in [0.15, 0.2) is 5.78 Å². The molecule has 1 aliphatic heterocycles. The highest BCUT2D eigenvalue weighted by molar-refractivity contribution is 6.02. The second kappa shape index (κ2) is 9.43. The molecule has 3 atom stereocenters. The Bertz CT molecular complexity index is 1070. The summed E-state index contributed by atoms with van der Waals surface area (Å²) in [5, 5.41) is 15.9. The van der Waals surface area contributed by atoms with Gasteiger partial charge in [0.05, 0.1) is 18.9 Å². The SMILES string of the molecule is COc1cccc2[nH]c(C(=O)CC(CC3CC3)C(=O)NC(C#N)CC3CCNC3=O)cc12. The molecule has 2 aromatic rings. The van der Waals surface area contributed by atoms with Crippen molar-refractivity contribution in [2.45, 2.75) is 44.6 Å². The lowest BCUT2D eigenvalue weighted by Gasteiger charge is -2.19. The second-order valence-corrected chi connectivity index (χ2v) is 8.81. The normalized spacial score (nSPS) is 19.8. The van der Waals surface area contributed by atoms with Gasteiger partial charge in [0, 0.05) is 35.7 Å². The number of fused-ring (bicyclic) bond motifs is 1. The van der Waals surface area contributed by atoms with Crippen molar-refractivity contribution >= 4 is 28.5 Å². The van der Waals surface area contributed by atoms with Gasteiger partial charge in [0.1, 0.15) is 11.8 Å². The molecule has 1 aliphatic carbocycles. The van der Waals surface area contributed by atoms with Crippen molar-refractivity contribution in [1.29, 1.82) is 5.26 Å². The Kier molecular flexibility index (Phi) is 6.45. The van der Waals surface area contributed by atoms with Crippen LogP contribution in [0.3, 0.4) is 0 Å². The Morgan fingerprint density at radius 1 is 1.28 bits per heavy atom. The average molecular weight is 437 g/mol. The number of carbonyl (C=O) groups is 3. The monoisotopic (exact) mass is 436 g/mol. The number of methoxy groups -OCH3 is 1. The van der Waals surface area contributed by atoms with Gasteiger partial charge in [-0.15, -0.1) is 0 Å². The van der Waals surface area contributed by atoms with Crippen LogP contribution in [0, 0.1) is 29.1 Å². The molecule has 0 bridgehead atoms. The zero-order valence-electron chi connectivity index (χ0n) is 18.1. The summed E-state index contributed by atoms with van der Waals surface area (Å²) in [7, 11) is 1.58. The van der Waals surface area contributed by atoms with E-state index < -0.39 is 12.0 Å². The largest absolute Gasteiger partial charge is 0.496 e. The number of amides is 2. The first kappa shape index (κ1) is 21.9. The number of H-pyrrole nitrogens is 1. The van der Waals surface area contributed by atoms with E-state index in [0.717, 1.165) is 23.7 Å². The maximum atomic E-state index is 13.0. The third-order valence-electron chi connectivity index (χ3n) is 6.42. The number of ether oxygens (including phenoxy) is 1. The summed E-state index contributed by atoms with van der Waals surface area (Å²) < 4.78 is 5.36. The number of nitriles is 1. The highest BCUT2D eigenvalue weighted by atomic mass is 16.5. The van der Waals surface area contributed by atoms with Crippen molar-refractivity contribution in [3.8, 4) is 11.8 Å². The van der Waals surface area contributed by atoms with Gasteiger partial charge in [-0.3, -0.25) is 14.4 Å². The average Bonchev–Trinajstić information content (AvgIpc) is 3.35. The minimum absolute atomic E-state index is 0.0690. The topological polar surface area (TPSA) is 124 Å². The lowest BCUT2D eigenvalue weighted by atomic mass is 9.93. The molecule has 0 radical (unpaired) electrons. The summed E-state index contributed by atoms with van der Waals surface area (Å²) in [5.74, 6) is -0.142. The molecule has 2 aliphatic rings. The Morgan fingerprint density at radius 3 is 2.75 bits per heavy atom. The van der Waals surface area contributed by atoms with E-state index in [2.05, 4.69) is 21.7 Å². The number of ketones is 1. The molecule has 3 N–H and O–H groups in total. The van der Waals surface area contributed by atoms with Crippen molar-refractivity contribution < 1.29 is 19.1 Å². The predicted molar refractivity (Wildman–Crippen MR) is 118 cm³/mol. The van der Waals surface area contributed by atoms with Crippen LogP contribution in [-0.4, -0.2) is 42.3 Å². The van der Waals surface area contributed by atoms with Crippen LogP contribution in [0.15, 0.2) is 24.3 Å². The van der Waals surface area contributed by atoms with E-state index in [1.165, 1.54) is 0 Å². The molecule has 0 spiro atoms. The number of Topliss-reactive ketones (excluding diaryl/α,β-unsaturated/α-hetero) is 1. The minimum atomic E-state index is -0.745. The van der Waals surface area contributed by atoms with Gasteiger partial charge in [0.25, 0.3) is 0 Å². The fourth-order valence-corrected chi connectivity index (χ4v) is 4.42. The molecule has 4 rings (SSSR count). The Labute approximate surface area is 186 Å². The van der Waals surface area contributed by atoms with E-state index in [0.29, 0.717) is 43.2 Å². The first-order valence-corrected chi connectivity index (χ1v) is 11.1. The van der Waals surface area contributed by atoms with E-state index in [4.69, 9.17) is 4.74 Å². The standard InChI is InChI=1S/C24H28N4O4/c1-32-22-4-2-3-19-18(22)12-20(28-19)21(29)11-16(9-14-5-6-14)24(31)27-17(13-25)10-15-7-8-26-23(15)30/h2-4,12,14-17,28H,5-11H2,1H3,(H,26,30)(H,27,31). The highest BCUT2D eigenvalue weighted by Crippen LogP contribution is 2.37. The molecule has 2 fully saturated rings. The van der Waals surface area contributed by atoms with Crippen LogP contribution in [-0.2, 0) is 9.59 Å². The van der Waals surface area contributed by atoms with E-state index in [9.17, 15) is 19.6 Å². The third-order valence-corrected chi connectivity index (χ3v) is 6.42. The Morgan fingerprint density at radius 2 is 2.09 bits per heavy atom. The molecule has 3 unspecified atom stereocenters. The number of carbonyl (C=O) groups excluding carboxylic acids is 3. The summed E-state index contributed by atoms with van der Waals surface area (Å²) in [6.45, 7) is 0.601. The molecule has 2 amide bonds. The van der Waals surface area contributed by atoms with Gasteiger partial charge in [-0.25, -0.2) is 0 Å². The summed E-state index contributed by atoms with van der Waals surface area (Å²) in [6.07, 6.45) is 3.78. The van der Waals surface area contributed by atoms with Crippen LogP contribution in [0.2, 0.25) is 0 Å². The van der Waals surface area contributed by atoms with E-state index in [-0.39, 0.29) is 29.9 Å². The minimum Gasteiger partial charge on any atom is -0.496 e. The number of rotatable bonds is 10. The van der Waals surface area contributed by atoms with Crippen LogP contribution in [0.25, 0.3) is 10.9 Å². The summed E-state index contributed by atoms with van der Waals surface area (Å²) in [5.41, 5.74) is 1.24. The highest BCUT2D eigenvalue weighted by Gasteiger charge is 2.33. The molecule has 1 aromatic heterocycles. The predicted octanol–water partition coefficient (Wildman–Crippen LogP) is 2.70. The maximum absolute atomic E-state index is 13.0. The van der Waals surface area contributed by atoms with Gasteiger partial charge >= 0.3 is 0 Å². The summed E-state index contributed by atoms with van der Waals surface area (Å²) in [6, 6.07) is 8.68. The molecule has 168 valence electrons. The van der Waals surface area contributed by atoms with Crippen molar-refractivity contribution in [2.75, 3.05) is 13.7 Å². The first-order chi connectivity index (χ1) is 15.5. The van der Waals surface area contributed by atoms with Gasteiger partial charge in [-0.05, 0) is 43.4 Å². The number of benzene rings is 1. The van der Waals surface area contributed by atoms with Crippen molar-refractivity contribution in [1.82, 2.24) is 15.6 Å². The number of aromatic amines is 1. The molecule has 1 saturated carbocycles. The fraction of sp³-hybridized carbons (Fsp3) is 0.500. The van der Waals surface area contributed by atoms with E-state index in [1.54, 1.807) is 13.2 Å². The van der Waals surface area contributed by atoms with Crippen molar-refractivity contribution in [2.24, 2.45) is 17.8 Å².